The molecule has 0 aliphatic carbocycles. The first-order chi connectivity index (χ1) is 19.0. The predicted molar refractivity (Wildman–Crippen MR) is 162 cm³/mol. The standard InChI is InChI=1S/C32H45N3O4S/c1-8-17-33(22(5)6)30(39)27-32-16-15-31(7,40-32)25(26(32)29(38)35(27)24(20-36)19-21(3)4)28(37)34(18-9-2)23-13-11-10-12-14-23/h8-14,21-22,24-27,36H,1-2,15-20H2,3-7H3/t24-,25-,26+,27?,31+,32?/m1/s1. The Labute approximate surface area is 243 Å². The Bertz CT molecular complexity index is 1140. The molecule has 3 amide bonds. The van der Waals surface area contributed by atoms with E-state index < -0.39 is 33.4 Å². The molecule has 6 atom stereocenters. The smallest absolute Gasteiger partial charge is 0.247 e. The fourth-order valence-electron chi connectivity index (χ4n) is 7.31. The molecule has 1 N–H and O–H groups in total. The number of hydrogen-bond donors (Lipinski definition) is 1. The molecule has 2 bridgehead atoms. The van der Waals surface area contributed by atoms with Crippen molar-refractivity contribution in [3.63, 3.8) is 0 Å². The molecule has 3 saturated heterocycles. The molecule has 1 aromatic rings. The zero-order chi connectivity index (χ0) is 29.4. The fourth-order valence-corrected chi connectivity index (χ4v) is 9.64. The molecule has 40 heavy (non-hydrogen) atoms. The van der Waals surface area contributed by atoms with Gasteiger partial charge < -0.3 is 19.8 Å². The Morgan fingerprint density at radius 3 is 2.30 bits per heavy atom. The summed E-state index contributed by atoms with van der Waals surface area (Å²) in [6, 6.07) is 8.15. The number of rotatable bonds is 12. The first-order valence-electron chi connectivity index (χ1n) is 14.5. The van der Waals surface area contributed by atoms with Crippen molar-refractivity contribution >= 4 is 35.2 Å². The maximum Gasteiger partial charge on any atom is 0.247 e. The van der Waals surface area contributed by atoms with Gasteiger partial charge in [0.2, 0.25) is 17.7 Å². The second-order valence-electron chi connectivity index (χ2n) is 12.4. The van der Waals surface area contributed by atoms with E-state index in [0.29, 0.717) is 25.9 Å². The molecule has 0 aromatic heterocycles. The summed E-state index contributed by atoms with van der Waals surface area (Å²) in [6.07, 6.45) is 5.41. The second-order valence-corrected chi connectivity index (χ2v) is 14.3. The van der Waals surface area contributed by atoms with Crippen LogP contribution in [0.5, 0.6) is 0 Å². The number of carbonyl (C=O) groups excluding carboxylic acids is 3. The van der Waals surface area contributed by atoms with Crippen LogP contribution in [0.1, 0.15) is 53.9 Å². The summed E-state index contributed by atoms with van der Waals surface area (Å²) in [7, 11) is 0. The number of aliphatic hydroxyl groups is 1. The van der Waals surface area contributed by atoms with Crippen molar-refractivity contribution in [3.05, 3.63) is 55.6 Å². The second kappa shape index (κ2) is 11.7. The minimum Gasteiger partial charge on any atom is -0.394 e. The van der Waals surface area contributed by atoms with Crippen LogP contribution in [0.2, 0.25) is 0 Å². The highest BCUT2D eigenvalue weighted by Crippen LogP contribution is 2.72. The summed E-state index contributed by atoms with van der Waals surface area (Å²) in [5.41, 5.74) is 0.762. The molecule has 4 rings (SSSR count). The van der Waals surface area contributed by atoms with Crippen LogP contribution in [-0.2, 0) is 14.4 Å². The molecule has 0 saturated carbocycles. The maximum atomic E-state index is 14.6. The third-order valence-corrected chi connectivity index (χ3v) is 10.9. The van der Waals surface area contributed by atoms with E-state index in [2.05, 4.69) is 33.9 Å². The summed E-state index contributed by atoms with van der Waals surface area (Å²) >= 11 is 1.67. The molecule has 218 valence electrons. The minimum absolute atomic E-state index is 0.0895. The van der Waals surface area contributed by atoms with Crippen LogP contribution < -0.4 is 4.90 Å². The van der Waals surface area contributed by atoms with E-state index in [-0.39, 0.29) is 36.3 Å². The van der Waals surface area contributed by atoms with Crippen molar-refractivity contribution < 1.29 is 19.5 Å². The number of nitrogens with zero attached hydrogens (tertiary/aromatic N) is 3. The highest BCUT2D eigenvalue weighted by atomic mass is 32.2. The van der Waals surface area contributed by atoms with Gasteiger partial charge in [-0.1, -0.05) is 44.2 Å². The van der Waals surface area contributed by atoms with Crippen LogP contribution in [-0.4, -0.2) is 79.9 Å². The molecule has 8 heteroatoms. The fraction of sp³-hybridized carbons (Fsp3) is 0.594. The van der Waals surface area contributed by atoms with Gasteiger partial charge in [0.1, 0.15) is 6.04 Å². The van der Waals surface area contributed by atoms with E-state index in [4.69, 9.17) is 0 Å². The van der Waals surface area contributed by atoms with Crippen molar-refractivity contribution in [3.8, 4) is 0 Å². The zero-order valence-electron chi connectivity index (χ0n) is 24.6. The quantitative estimate of drug-likeness (QED) is 0.376. The Kier molecular flexibility index (Phi) is 8.91. The number of benzene rings is 1. The Balaban J connectivity index is 1.85. The number of aliphatic hydroxyl groups excluding tert-OH is 1. The summed E-state index contributed by atoms with van der Waals surface area (Å²) < 4.78 is -1.22. The topological polar surface area (TPSA) is 81.2 Å². The van der Waals surface area contributed by atoms with Gasteiger partial charge in [-0.3, -0.25) is 14.4 Å². The molecule has 3 aliphatic heterocycles. The molecule has 1 spiro atoms. The molecule has 1 aromatic carbocycles. The van der Waals surface area contributed by atoms with Crippen molar-refractivity contribution in [1.29, 1.82) is 0 Å². The first kappa shape index (κ1) is 30.4. The lowest BCUT2D eigenvalue weighted by molar-refractivity contribution is -0.147. The lowest BCUT2D eigenvalue weighted by Gasteiger charge is -2.41. The van der Waals surface area contributed by atoms with E-state index >= 15 is 0 Å². The van der Waals surface area contributed by atoms with Crippen LogP contribution in [0.3, 0.4) is 0 Å². The van der Waals surface area contributed by atoms with Crippen LogP contribution in [0, 0.1) is 17.8 Å². The van der Waals surface area contributed by atoms with Gasteiger partial charge in [-0.25, -0.2) is 0 Å². The SMILES string of the molecule is C=CCN(C(=O)[C@H]1[C@H]2C(=O)N([C@@H](CO)CC(C)C)C(C(=O)N(CC=C)C(C)C)C23CC[C@]1(C)S3)c1ccccc1. The Hall–Kier alpha value is -2.58. The van der Waals surface area contributed by atoms with Gasteiger partial charge in [-0.15, -0.1) is 24.9 Å². The number of carbonyl (C=O) groups is 3. The Morgan fingerprint density at radius 2 is 1.75 bits per heavy atom. The van der Waals surface area contributed by atoms with Gasteiger partial charge in [0.15, 0.2) is 0 Å². The van der Waals surface area contributed by atoms with E-state index in [1.807, 2.05) is 44.2 Å². The molecule has 2 unspecified atom stereocenters. The van der Waals surface area contributed by atoms with Crippen molar-refractivity contribution in [2.24, 2.45) is 17.8 Å². The van der Waals surface area contributed by atoms with Gasteiger partial charge in [0, 0.05) is 29.6 Å². The minimum atomic E-state index is -0.752. The molecule has 7 nitrogen and oxygen atoms in total. The van der Waals surface area contributed by atoms with Gasteiger partial charge in [-0.2, -0.15) is 0 Å². The summed E-state index contributed by atoms with van der Waals surface area (Å²) in [5.74, 6) is -1.43. The van der Waals surface area contributed by atoms with Crippen LogP contribution in [0.15, 0.2) is 55.6 Å². The van der Waals surface area contributed by atoms with Gasteiger partial charge in [0.05, 0.1) is 29.2 Å². The number of likely N-dealkylation sites (tertiary alicyclic amines) is 1. The van der Waals surface area contributed by atoms with Crippen LogP contribution >= 0.6 is 11.8 Å². The zero-order valence-corrected chi connectivity index (χ0v) is 25.4. The molecule has 3 aliphatic rings. The van der Waals surface area contributed by atoms with E-state index in [1.54, 1.807) is 38.6 Å². The third kappa shape index (κ3) is 4.91. The molecule has 3 heterocycles. The van der Waals surface area contributed by atoms with Gasteiger partial charge >= 0.3 is 0 Å². The average Bonchev–Trinajstić information content (AvgIpc) is 3.49. The first-order valence-corrected chi connectivity index (χ1v) is 15.3. The van der Waals surface area contributed by atoms with Gasteiger partial charge in [0.25, 0.3) is 0 Å². The van der Waals surface area contributed by atoms with E-state index in [1.165, 1.54) is 0 Å². The highest BCUT2D eigenvalue weighted by molar-refractivity contribution is 8.02. The van der Waals surface area contributed by atoms with Crippen molar-refractivity contribution in [1.82, 2.24) is 9.80 Å². The lowest BCUT2D eigenvalue weighted by atomic mass is 9.66. The van der Waals surface area contributed by atoms with Crippen molar-refractivity contribution in [2.75, 3.05) is 24.6 Å². The maximum absolute atomic E-state index is 14.6. The molecule has 0 radical (unpaired) electrons. The number of thioether (sulfide) groups is 1. The highest BCUT2D eigenvalue weighted by Gasteiger charge is 2.78. The number of fused-ring (bicyclic) bond motifs is 1. The lowest BCUT2D eigenvalue weighted by Crippen LogP contribution is -2.58. The number of hydrogen-bond acceptors (Lipinski definition) is 5. The summed E-state index contributed by atoms with van der Waals surface area (Å²) in [6.45, 7) is 18.3. The van der Waals surface area contributed by atoms with E-state index in [0.717, 1.165) is 12.1 Å². The normalized spacial score (nSPS) is 29.6. The number of amides is 3. The predicted octanol–water partition coefficient (Wildman–Crippen LogP) is 4.52. The van der Waals surface area contributed by atoms with Crippen molar-refractivity contribution in [2.45, 2.75) is 81.5 Å². The summed E-state index contributed by atoms with van der Waals surface area (Å²) in [5, 5.41) is 10.5. The summed E-state index contributed by atoms with van der Waals surface area (Å²) in [4.78, 5) is 48.8. The number of anilines is 1. The Morgan fingerprint density at radius 1 is 1.10 bits per heavy atom. The monoisotopic (exact) mass is 567 g/mol. The van der Waals surface area contributed by atoms with E-state index in [9.17, 15) is 19.5 Å². The largest absolute Gasteiger partial charge is 0.394 e. The third-order valence-electron chi connectivity index (χ3n) is 8.94. The molecular weight excluding hydrogens is 522 g/mol. The molecular formula is C32H45N3O4S. The average molecular weight is 568 g/mol. The molecule has 3 fully saturated rings. The number of para-hydroxylation sites is 1. The van der Waals surface area contributed by atoms with Crippen LogP contribution in [0.25, 0.3) is 0 Å². The van der Waals surface area contributed by atoms with Gasteiger partial charge in [-0.05, 0) is 58.1 Å². The van der Waals surface area contributed by atoms with Crippen LogP contribution in [0.4, 0.5) is 5.69 Å².